The molecule has 1 heterocycles. The fourth-order valence-corrected chi connectivity index (χ4v) is 4.88. The average molecular weight is 484 g/mol. The third-order valence-electron chi connectivity index (χ3n) is 5.15. The van der Waals surface area contributed by atoms with Crippen LogP contribution in [0.3, 0.4) is 0 Å². The van der Waals surface area contributed by atoms with Crippen molar-refractivity contribution in [1.29, 1.82) is 0 Å². The number of hydrogen-bond acceptors (Lipinski definition) is 3. The Morgan fingerprint density at radius 2 is 1.75 bits per heavy atom. The molecule has 4 aromatic rings. The van der Waals surface area contributed by atoms with E-state index in [0.29, 0.717) is 28.8 Å². The van der Waals surface area contributed by atoms with Gasteiger partial charge in [0, 0.05) is 23.1 Å². The molecule has 4 nitrogen and oxygen atoms in total. The van der Waals surface area contributed by atoms with Crippen LogP contribution in [0, 0.1) is 0 Å². The van der Waals surface area contributed by atoms with E-state index < -0.39 is 0 Å². The lowest BCUT2D eigenvalue weighted by Crippen LogP contribution is -2.27. The van der Waals surface area contributed by atoms with Crippen molar-refractivity contribution in [3.05, 3.63) is 94.0 Å². The van der Waals surface area contributed by atoms with Crippen LogP contribution in [0.2, 0.25) is 10.0 Å². The summed E-state index contributed by atoms with van der Waals surface area (Å²) in [5.41, 5.74) is 4.27. The molecule has 0 saturated heterocycles. The number of benzene rings is 3. The van der Waals surface area contributed by atoms with Crippen molar-refractivity contribution < 1.29 is 4.79 Å². The van der Waals surface area contributed by atoms with Crippen LogP contribution >= 0.6 is 35.0 Å². The van der Waals surface area contributed by atoms with Crippen molar-refractivity contribution in [2.75, 3.05) is 12.3 Å². The first-order valence-electron chi connectivity index (χ1n) is 10.4. The molecule has 0 aliphatic heterocycles. The second kappa shape index (κ2) is 10.9. The van der Waals surface area contributed by atoms with Crippen LogP contribution in [-0.4, -0.2) is 27.8 Å². The summed E-state index contributed by atoms with van der Waals surface area (Å²) >= 11 is 13.6. The molecule has 7 heteroatoms. The Labute approximate surface area is 201 Å². The lowest BCUT2D eigenvalue weighted by atomic mass is 10.1. The number of halogens is 2. The second-order valence-corrected chi connectivity index (χ2v) is 9.18. The second-order valence-electron chi connectivity index (χ2n) is 7.39. The van der Waals surface area contributed by atoms with Crippen molar-refractivity contribution in [1.82, 2.24) is 14.9 Å². The van der Waals surface area contributed by atoms with Gasteiger partial charge in [0.15, 0.2) is 5.16 Å². The predicted molar refractivity (Wildman–Crippen MR) is 134 cm³/mol. The molecular formula is C25H23Cl2N3OS. The Hall–Kier alpha value is -2.47. The monoisotopic (exact) mass is 483 g/mol. The summed E-state index contributed by atoms with van der Waals surface area (Å²) in [7, 11) is 0. The minimum Gasteiger partial charge on any atom is -0.355 e. The van der Waals surface area contributed by atoms with Gasteiger partial charge in [-0.25, -0.2) is 4.98 Å². The van der Waals surface area contributed by atoms with Crippen LogP contribution in [0.4, 0.5) is 0 Å². The van der Waals surface area contributed by atoms with Gasteiger partial charge in [-0.1, -0.05) is 83.5 Å². The fraction of sp³-hybridized carbons (Fsp3) is 0.200. The molecule has 164 valence electrons. The summed E-state index contributed by atoms with van der Waals surface area (Å²) in [6.45, 7) is 1.33. The summed E-state index contributed by atoms with van der Waals surface area (Å²) in [5, 5.41) is 5.05. The maximum absolute atomic E-state index is 12.4. The zero-order chi connectivity index (χ0) is 22.3. The first kappa shape index (κ1) is 22.7. The Morgan fingerprint density at radius 3 is 2.56 bits per heavy atom. The van der Waals surface area contributed by atoms with E-state index in [1.165, 1.54) is 17.3 Å². The van der Waals surface area contributed by atoms with E-state index in [1.807, 2.05) is 30.3 Å². The highest BCUT2D eigenvalue weighted by molar-refractivity contribution is 7.99. The third kappa shape index (κ3) is 5.85. The molecule has 4 rings (SSSR count). The van der Waals surface area contributed by atoms with Crippen molar-refractivity contribution in [3.63, 3.8) is 0 Å². The first-order valence-corrected chi connectivity index (χ1v) is 12.2. The van der Waals surface area contributed by atoms with Gasteiger partial charge in [-0.2, -0.15) is 0 Å². The number of thioether (sulfide) groups is 1. The number of amides is 1. The van der Waals surface area contributed by atoms with E-state index in [-0.39, 0.29) is 5.91 Å². The summed E-state index contributed by atoms with van der Waals surface area (Å²) in [6.07, 6.45) is 1.56. The summed E-state index contributed by atoms with van der Waals surface area (Å²) in [4.78, 5) is 17.2. The van der Waals surface area contributed by atoms with Gasteiger partial charge >= 0.3 is 0 Å². The van der Waals surface area contributed by atoms with Crippen molar-refractivity contribution in [3.8, 4) is 0 Å². The number of para-hydroxylation sites is 2. The molecule has 32 heavy (non-hydrogen) atoms. The molecule has 0 bridgehead atoms. The summed E-state index contributed by atoms with van der Waals surface area (Å²) in [6, 6.07) is 23.9. The van der Waals surface area contributed by atoms with E-state index in [0.717, 1.165) is 34.7 Å². The number of rotatable bonds is 9. The Bertz CT molecular complexity index is 1210. The largest absolute Gasteiger partial charge is 0.355 e. The lowest BCUT2D eigenvalue weighted by molar-refractivity contribution is -0.118. The zero-order valence-electron chi connectivity index (χ0n) is 17.4. The normalized spacial score (nSPS) is 11.1. The van der Waals surface area contributed by atoms with Crippen molar-refractivity contribution in [2.45, 2.75) is 24.5 Å². The molecule has 0 aliphatic carbocycles. The molecule has 0 unspecified atom stereocenters. The van der Waals surface area contributed by atoms with Gasteiger partial charge in [-0.05, 0) is 48.2 Å². The van der Waals surface area contributed by atoms with Gasteiger partial charge in [0.05, 0.1) is 16.8 Å². The lowest BCUT2D eigenvalue weighted by Gasteiger charge is -2.10. The predicted octanol–water partition coefficient (Wildman–Crippen LogP) is 6.04. The number of hydrogen-bond donors (Lipinski definition) is 1. The van der Waals surface area contributed by atoms with Gasteiger partial charge in [-0.15, -0.1) is 0 Å². The van der Waals surface area contributed by atoms with Gasteiger partial charge in [0.25, 0.3) is 0 Å². The Balaban J connectivity index is 1.36. The molecule has 1 N–H and O–H groups in total. The van der Waals surface area contributed by atoms with Crippen LogP contribution < -0.4 is 5.32 Å². The van der Waals surface area contributed by atoms with E-state index >= 15 is 0 Å². The number of nitrogens with zero attached hydrogens (tertiary/aromatic N) is 2. The molecule has 0 spiro atoms. The smallest absolute Gasteiger partial charge is 0.230 e. The molecule has 0 aliphatic rings. The van der Waals surface area contributed by atoms with Gasteiger partial charge < -0.3 is 9.88 Å². The molecule has 3 aromatic carbocycles. The third-order valence-corrected chi connectivity index (χ3v) is 6.71. The van der Waals surface area contributed by atoms with E-state index in [4.69, 9.17) is 28.2 Å². The number of fused-ring (bicyclic) bond motifs is 1. The highest BCUT2D eigenvalue weighted by Gasteiger charge is 2.13. The number of nitrogens with one attached hydrogen (secondary N) is 1. The average Bonchev–Trinajstić information content (AvgIpc) is 3.16. The number of aromatic nitrogens is 2. The van der Waals surface area contributed by atoms with E-state index in [9.17, 15) is 4.79 Å². The molecule has 0 fully saturated rings. The zero-order valence-corrected chi connectivity index (χ0v) is 19.8. The Kier molecular flexibility index (Phi) is 7.74. The van der Waals surface area contributed by atoms with Crippen LogP contribution in [-0.2, 0) is 24.2 Å². The van der Waals surface area contributed by atoms with Crippen LogP contribution in [0.25, 0.3) is 11.0 Å². The summed E-state index contributed by atoms with van der Waals surface area (Å²) in [5.74, 6) is 0.282. The standard InChI is InChI=1S/C25H23Cl2N3OS/c26-20-11-10-19(21(27)16-20)12-14-28-24(31)17-32-25-29-22-8-4-5-9-23(22)30(25)15-13-18-6-2-1-3-7-18/h1-11,16H,12-15,17H2,(H,28,31). The number of carbonyl (C=O) groups is 1. The van der Waals surface area contributed by atoms with Crippen LogP contribution in [0.1, 0.15) is 11.1 Å². The molecule has 0 saturated carbocycles. The van der Waals surface area contributed by atoms with E-state index in [1.54, 1.807) is 12.1 Å². The number of imidazole rings is 1. The maximum Gasteiger partial charge on any atom is 0.230 e. The van der Waals surface area contributed by atoms with Crippen LogP contribution in [0.5, 0.6) is 0 Å². The maximum atomic E-state index is 12.4. The van der Waals surface area contributed by atoms with Gasteiger partial charge in [-0.3, -0.25) is 4.79 Å². The van der Waals surface area contributed by atoms with Crippen molar-refractivity contribution >= 4 is 51.9 Å². The Morgan fingerprint density at radius 1 is 0.969 bits per heavy atom. The van der Waals surface area contributed by atoms with Crippen molar-refractivity contribution in [2.24, 2.45) is 0 Å². The highest BCUT2D eigenvalue weighted by atomic mass is 35.5. The van der Waals surface area contributed by atoms with E-state index in [2.05, 4.69) is 40.2 Å². The van der Waals surface area contributed by atoms with Crippen LogP contribution in [0.15, 0.2) is 78.0 Å². The first-order chi connectivity index (χ1) is 15.6. The fourth-order valence-electron chi connectivity index (χ4n) is 3.51. The molecule has 0 atom stereocenters. The topological polar surface area (TPSA) is 46.9 Å². The molecule has 0 radical (unpaired) electrons. The number of carbonyl (C=O) groups excluding carboxylic acids is 1. The number of aryl methyl sites for hydroxylation is 2. The quantitative estimate of drug-likeness (QED) is 0.295. The molecular weight excluding hydrogens is 461 g/mol. The SMILES string of the molecule is O=C(CSc1nc2ccccc2n1CCc1ccccc1)NCCc1ccc(Cl)cc1Cl. The van der Waals surface area contributed by atoms with Gasteiger partial charge in [0.1, 0.15) is 0 Å². The minimum atomic E-state index is -0.0262. The summed E-state index contributed by atoms with van der Waals surface area (Å²) < 4.78 is 2.20. The molecule has 1 aromatic heterocycles. The minimum absolute atomic E-state index is 0.0262. The highest BCUT2D eigenvalue weighted by Crippen LogP contribution is 2.25. The van der Waals surface area contributed by atoms with Gasteiger partial charge in [0.2, 0.25) is 5.91 Å². The molecule has 1 amide bonds.